The normalized spacial score (nSPS) is 38.0. The molecular weight excluding hydrogens is 250 g/mol. The molecule has 0 bridgehead atoms. The Labute approximate surface area is 122 Å². The molecule has 3 fully saturated rings. The molecule has 4 nitrogen and oxygen atoms in total. The van der Waals surface area contributed by atoms with Crippen LogP contribution in [0.5, 0.6) is 0 Å². The number of likely N-dealkylation sites (tertiary alicyclic amines) is 1. The van der Waals surface area contributed by atoms with Gasteiger partial charge in [0.05, 0.1) is 5.92 Å². The Balaban J connectivity index is 1.62. The molecule has 0 radical (unpaired) electrons. The number of hydrogen-bond donors (Lipinski definition) is 2. The molecule has 2 N–H and O–H groups in total. The predicted molar refractivity (Wildman–Crippen MR) is 80.4 cm³/mol. The summed E-state index contributed by atoms with van der Waals surface area (Å²) in [5.74, 6) is 2.78. The molecule has 2 unspecified atom stereocenters. The molecular formula is C16H29N3O. The minimum atomic E-state index is 0.214. The van der Waals surface area contributed by atoms with Gasteiger partial charge in [-0.25, -0.2) is 0 Å². The van der Waals surface area contributed by atoms with Crippen molar-refractivity contribution in [3.63, 3.8) is 0 Å². The van der Waals surface area contributed by atoms with E-state index in [1.807, 2.05) is 0 Å². The van der Waals surface area contributed by atoms with Gasteiger partial charge in [-0.1, -0.05) is 13.8 Å². The van der Waals surface area contributed by atoms with Crippen molar-refractivity contribution in [2.45, 2.75) is 39.2 Å². The first-order valence-electron chi connectivity index (χ1n) is 8.39. The van der Waals surface area contributed by atoms with Gasteiger partial charge in [-0.05, 0) is 56.7 Å². The van der Waals surface area contributed by atoms with E-state index in [1.165, 1.54) is 12.8 Å². The average molecular weight is 279 g/mol. The molecule has 20 heavy (non-hydrogen) atoms. The lowest BCUT2D eigenvalue weighted by atomic mass is 9.90. The lowest BCUT2D eigenvalue weighted by Crippen LogP contribution is -2.44. The van der Waals surface area contributed by atoms with Crippen molar-refractivity contribution in [1.82, 2.24) is 15.5 Å². The number of amides is 1. The van der Waals surface area contributed by atoms with Gasteiger partial charge in [-0.3, -0.25) is 4.79 Å². The standard InChI is InChI=1S/C16H29N3O/c1-11(2)15-14(3-6-18-15)16(20)19-7-4-12-9-17-10-13(12)5-8-19/h11-15,17-18H,3-10H2,1-2H3/t12-,13+,14?,15?. The second-order valence-electron chi connectivity index (χ2n) is 7.20. The van der Waals surface area contributed by atoms with Crippen molar-refractivity contribution in [1.29, 1.82) is 0 Å². The average Bonchev–Trinajstić information content (AvgIpc) is 3.04. The highest BCUT2D eigenvalue weighted by Crippen LogP contribution is 2.30. The highest BCUT2D eigenvalue weighted by atomic mass is 16.2. The second kappa shape index (κ2) is 6.02. The smallest absolute Gasteiger partial charge is 0.227 e. The maximum atomic E-state index is 12.9. The van der Waals surface area contributed by atoms with Crippen molar-refractivity contribution in [3.8, 4) is 0 Å². The maximum Gasteiger partial charge on any atom is 0.227 e. The van der Waals surface area contributed by atoms with E-state index >= 15 is 0 Å². The van der Waals surface area contributed by atoms with Gasteiger partial charge in [-0.2, -0.15) is 0 Å². The van der Waals surface area contributed by atoms with Crippen LogP contribution >= 0.6 is 0 Å². The van der Waals surface area contributed by atoms with E-state index in [0.29, 0.717) is 17.9 Å². The Bertz CT molecular complexity index is 344. The fourth-order valence-electron chi connectivity index (χ4n) is 4.38. The van der Waals surface area contributed by atoms with E-state index in [9.17, 15) is 4.79 Å². The first-order valence-corrected chi connectivity index (χ1v) is 8.39. The topological polar surface area (TPSA) is 44.4 Å². The Morgan fingerprint density at radius 3 is 2.35 bits per heavy atom. The zero-order valence-electron chi connectivity index (χ0n) is 12.9. The second-order valence-corrected chi connectivity index (χ2v) is 7.20. The molecule has 0 aromatic heterocycles. The molecule has 0 spiro atoms. The van der Waals surface area contributed by atoms with Crippen LogP contribution in [0.3, 0.4) is 0 Å². The summed E-state index contributed by atoms with van der Waals surface area (Å²) in [5.41, 5.74) is 0. The van der Waals surface area contributed by atoms with E-state index in [0.717, 1.165) is 51.0 Å². The van der Waals surface area contributed by atoms with E-state index in [1.54, 1.807) is 0 Å². The van der Waals surface area contributed by atoms with Crippen molar-refractivity contribution in [2.75, 3.05) is 32.7 Å². The van der Waals surface area contributed by atoms with Crippen molar-refractivity contribution >= 4 is 5.91 Å². The third kappa shape index (κ3) is 2.73. The van der Waals surface area contributed by atoms with Gasteiger partial charge < -0.3 is 15.5 Å². The van der Waals surface area contributed by atoms with E-state index in [2.05, 4.69) is 29.4 Å². The number of hydrogen-bond acceptors (Lipinski definition) is 3. The molecule has 4 heteroatoms. The van der Waals surface area contributed by atoms with Gasteiger partial charge in [-0.15, -0.1) is 0 Å². The number of rotatable bonds is 2. The van der Waals surface area contributed by atoms with Crippen molar-refractivity contribution in [2.24, 2.45) is 23.7 Å². The van der Waals surface area contributed by atoms with Crippen LogP contribution in [0.4, 0.5) is 0 Å². The highest BCUT2D eigenvalue weighted by molar-refractivity contribution is 5.80. The lowest BCUT2D eigenvalue weighted by molar-refractivity contribution is -0.136. The number of nitrogens with zero attached hydrogens (tertiary/aromatic N) is 1. The summed E-state index contributed by atoms with van der Waals surface area (Å²) in [4.78, 5) is 15.0. The zero-order chi connectivity index (χ0) is 14.1. The summed E-state index contributed by atoms with van der Waals surface area (Å²) in [7, 11) is 0. The van der Waals surface area contributed by atoms with Crippen molar-refractivity contribution < 1.29 is 4.79 Å². The van der Waals surface area contributed by atoms with Gasteiger partial charge >= 0.3 is 0 Å². The first kappa shape index (κ1) is 14.3. The number of fused-ring (bicyclic) bond motifs is 1. The van der Waals surface area contributed by atoms with Gasteiger partial charge in [0.25, 0.3) is 0 Å². The molecule has 3 saturated heterocycles. The van der Waals surface area contributed by atoms with E-state index in [-0.39, 0.29) is 5.92 Å². The van der Waals surface area contributed by atoms with Crippen LogP contribution in [-0.2, 0) is 4.79 Å². The van der Waals surface area contributed by atoms with Gasteiger partial charge in [0.2, 0.25) is 5.91 Å². The zero-order valence-corrected chi connectivity index (χ0v) is 12.9. The summed E-state index contributed by atoms with van der Waals surface area (Å²) >= 11 is 0. The Hall–Kier alpha value is -0.610. The molecule has 3 heterocycles. The summed E-state index contributed by atoms with van der Waals surface area (Å²) in [5, 5.41) is 7.02. The minimum absolute atomic E-state index is 0.214. The van der Waals surface area contributed by atoms with Gasteiger partial charge in [0.1, 0.15) is 0 Å². The molecule has 4 atom stereocenters. The molecule has 114 valence electrons. The monoisotopic (exact) mass is 279 g/mol. The van der Waals surface area contributed by atoms with E-state index < -0.39 is 0 Å². The quantitative estimate of drug-likeness (QED) is 0.795. The third-order valence-electron chi connectivity index (χ3n) is 5.64. The fourth-order valence-corrected chi connectivity index (χ4v) is 4.38. The van der Waals surface area contributed by atoms with Gasteiger partial charge in [0, 0.05) is 19.1 Å². The van der Waals surface area contributed by atoms with Crippen LogP contribution in [0.2, 0.25) is 0 Å². The van der Waals surface area contributed by atoms with Crippen LogP contribution in [0, 0.1) is 23.7 Å². The number of carbonyl (C=O) groups is 1. The van der Waals surface area contributed by atoms with E-state index in [4.69, 9.17) is 0 Å². The predicted octanol–water partition coefficient (Wildman–Crippen LogP) is 1.08. The lowest BCUT2D eigenvalue weighted by Gasteiger charge is -2.29. The molecule has 0 saturated carbocycles. The largest absolute Gasteiger partial charge is 0.342 e. The van der Waals surface area contributed by atoms with Crippen molar-refractivity contribution in [3.05, 3.63) is 0 Å². The SMILES string of the molecule is CC(C)C1NCCC1C(=O)N1CC[C@@H]2CNC[C@@H]2CC1. The minimum Gasteiger partial charge on any atom is -0.342 e. The molecule has 3 rings (SSSR count). The Kier molecular flexibility index (Phi) is 4.32. The summed E-state index contributed by atoms with van der Waals surface area (Å²) < 4.78 is 0. The Morgan fingerprint density at radius 2 is 1.75 bits per heavy atom. The molecule has 3 aliphatic rings. The van der Waals surface area contributed by atoms with Crippen LogP contribution in [0.1, 0.15) is 33.1 Å². The molecule has 0 aromatic carbocycles. The summed E-state index contributed by atoms with van der Waals surface area (Å²) in [6, 6.07) is 0.381. The van der Waals surface area contributed by atoms with Crippen LogP contribution in [0.15, 0.2) is 0 Å². The van der Waals surface area contributed by atoms with Crippen LogP contribution in [-0.4, -0.2) is 49.6 Å². The van der Waals surface area contributed by atoms with Crippen LogP contribution in [0.25, 0.3) is 0 Å². The summed E-state index contributed by atoms with van der Waals surface area (Å²) in [6.07, 6.45) is 3.40. The fraction of sp³-hybridized carbons (Fsp3) is 0.938. The first-order chi connectivity index (χ1) is 9.66. The number of nitrogens with one attached hydrogen (secondary N) is 2. The highest BCUT2D eigenvalue weighted by Gasteiger charge is 2.38. The number of carbonyl (C=O) groups excluding carboxylic acids is 1. The maximum absolute atomic E-state index is 12.9. The molecule has 3 aliphatic heterocycles. The molecule has 0 aromatic rings. The molecule has 1 amide bonds. The summed E-state index contributed by atoms with van der Waals surface area (Å²) in [6.45, 7) is 9.72. The Morgan fingerprint density at radius 1 is 1.10 bits per heavy atom. The third-order valence-corrected chi connectivity index (χ3v) is 5.64. The van der Waals surface area contributed by atoms with Gasteiger partial charge in [0.15, 0.2) is 0 Å². The molecule has 0 aliphatic carbocycles. The van der Waals surface area contributed by atoms with Crippen LogP contribution < -0.4 is 10.6 Å².